The van der Waals surface area contributed by atoms with E-state index in [1.165, 1.54) is 0 Å². The molecule has 48 valence electrons. The zero-order chi connectivity index (χ0) is 0. The Balaban J connectivity index is 0. The van der Waals surface area contributed by atoms with Crippen molar-refractivity contribution in [3.05, 3.63) is 0 Å². The van der Waals surface area contributed by atoms with Crippen molar-refractivity contribution in [3.63, 3.8) is 0 Å². The fraction of sp³-hybridized carbons (Fsp3) is 0. The maximum atomic E-state index is 0. The van der Waals surface area contributed by atoms with Crippen molar-refractivity contribution in [2.45, 2.75) is 0 Å². The van der Waals surface area contributed by atoms with Gasteiger partial charge in [0.2, 0.25) is 0 Å². The smallest absolute Gasteiger partial charge is 0.316 e. The van der Waals surface area contributed by atoms with Crippen molar-refractivity contribution in [1.29, 1.82) is 0 Å². The van der Waals surface area contributed by atoms with Gasteiger partial charge in [0, 0.05) is 21.9 Å². The molecular formula is H8Al2Ca2Mg2O3Si2. The Morgan fingerprint density at radius 1 is 0.455 bits per heavy atom. The molecule has 0 amide bonds. The summed E-state index contributed by atoms with van der Waals surface area (Å²) in [6, 6.07) is 0. The zero-order valence-corrected chi connectivity index (χ0v) is 7.69. The van der Waals surface area contributed by atoms with E-state index in [4.69, 9.17) is 0 Å². The molecule has 0 aromatic carbocycles. The summed E-state index contributed by atoms with van der Waals surface area (Å²) in [5, 5.41) is 0. The van der Waals surface area contributed by atoms with Crippen LogP contribution in [-0.4, -0.2) is 178 Å². The van der Waals surface area contributed by atoms with Crippen LogP contribution < -0.4 is 0 Å². The maximum absolute atomic E-state index is 0. The molecular weight excluding hydrogens is 287 g/mol. The largest absolute Gasteiger partial charge is 2.00 e. The van der Waals surface area contributed by atoms with E-state index in [1.54, 1.807) is 0 Å². The van der Waals surface area contributed by atoms with E-state index in [-0.39, 0.29) is 195 Å². The molecule has 0 aliphatic heterocycles. The second-order valence-electron chi connectivity index (χ2n) is 0. The first-order chi connectivity index (χ1) is 0. The van der Waals surface area contributed by atoms with E-state index in [0.717, 1.165) is 0 Å². The second-order valence-corrected chi connectivity index (χ2v) is 0. The van der Waals surface area contributed by atoms with Crippen molar-refractivity contribution in [2.75, 3.05) is 0 Å². The molecule has 0 saturated heterocycles. The normalized spacial score (nSPS) is 0. The minimum absolute atomic E-state index is 0. The van der Waals surface area contributed by atoms with Crippen LogP contribution in [0.3, 0.4) is 0 Å². The van der Waals surface area contributed by atoms with Crippen molar-refractivity contribution in [1.82, 2.24) is 0 Å². The van der Waals surface area contributed by atoms with Crippen LogP contribution in [0.15, 0.2) is 0 Å². The first-order valence-corrected chi connectivity index (χ1v) is 0. The summed E-state index contributed by atoms with van der Waals surface area (Å²) < 4.78 is 0. The minimum atomic E-state index is 0. The van der Waals surface area contributed by atoms with Gasteiger partial charge in [-0.05, 0) is 0 Å². The molecule has 0 saturated carbocycles. The van der Waals surface area contributed by atoms with Crippen molar-refractivity contribution < 1.29 is 16.4 Å². The Bertz CT molecular complexity index is 25.3. The van der Waals surface area contributed by atoms with Gasteiger partial charge in [-0.1, -0.05) is 0 Å². The predicted octanol–water partition coefficient (Wildman–Crippen LogP) is -5.54. The van der Waals surface area contributed by atoms with Gasteiger partial charge in [-0.15, -0.1) is 0 Å². The van der Waals surface area contributed by atoms with Gasteiger partial charge in [0.1, 0.15) is 0 Å². The SMILES string of the molecule is [Al+3].[Al+3].[CaH2].[CaH2].[MgH2].[MgH2].[O-2].[O-2].[O-2].[Si].[Si]. The van der Waals surface area contributed by atoms with Crippen LogP contribution in [0.1, 0.15) is 0 Å². The van der Waals surface area contributed by atoms with Gasteiger partial charge in [-0.2, -0.15) is 0 Å². The van der Waals surface area contributed by atoms with Gasteiger partial charge >= 0.3 is 156 Å². The van der Waals surface area contributed by atoms with Crippen molar-refractivity contribution >= 4 is 178 Å². The molecule has 3 nitrogen and oxygen atoms in total. The molecule has 0 heterocycles. The monoisotopic (exact) mass is 294 g/mol. The Morgan fingerprint density at radius 2 is 0.455 bits per heavy atom. The van der Waals surface area contributed by atoms with E-state index in [1.807, 2.05) is 0 Å². The third-order valence-corrected chi connectivity index (χ3v) is 0. The van der Waals surface area contributed by atoms with Gasteiger partial charge in [-0.25, -0.2) is 0 Å². The summed E-state index contributed by atoms with van der Waals surface area (Å²) in [6.45, 7) is 0. The third kappa shape index (κ3) is 94.4. The Hall–Kier alpha value is 5.43. The van der Waals surface area contributed by atoms with Crippen LogP contribution in [-0.2, 0) is 16.4 Å². The van der Waals surface area contributed by atoms with Gasteiger partial charge in [0.25, 0.3) is 0 Å². The maximum Gasteiger partial charge on any atom is 0.316 e. The van der Waals surface area contributed by atoms with Gasteiger partial charge in [0.15, 0.2) is 0 Å². The van der Waals surface area contributed by atoms with E-state index in [2.05, 4.69) is 0 Å². The summed E-state index contributed by atoms with van der Waals surface area (Å²) in [6.07, 6.45) is 0. The molecule has 0 N–H and O–H groups in total. The summed E-state index contributed by atoms with van der Waals surface area (Å²) >= 11 is 0. The fourth-order valence-electron chi connectivity index (χ4n) is 0. The Morgan fingerprint density at radius 3 is 0.455 bits per heavy atom. The number of hydrogen-bond acceptors (Lipinski definition) is 0. The molecule has 0 atom stereocenters. The zero-order valence-electron chi connectivity index (χ0n) is 3.38. The topological polar surface area (TPSA) is 85.5 Å². The first kappa shape index (κ1) is 133. The molecule has 0 aliphatic carbocycles. The van der Waals surface area contributed by atoms with Crippen LogP contribution >= 0.6 is 0 Å². The summed E-state index contributed by atoms with van der Waals surface area (Å²) in [5.41, 5.74) is 0. The fourth-order valence-corrected chi connectivity index (χ4v) is 0. The molecule has 11 heavy (non-hydrogen) atoms. The van der Waals surface area contributed by atoms with Gasteiger partial charge in [0.05, 0.1) is 0 Å². The van der Waals surface area contributed by atoms with Gasteiger partial charge in [-0.3, -0.25) is 0 Å². The molecule has 0 unspecified atom stereocenters. The van der Waals surface area contributed by atoms with E-state index < -0.39 is 0 Å². The van der Waals surface area contributed by atoms with Crippen LogP contribution in [0.5, 0.6) is 0 Å². The molecule has 8 radical (unpaired) electrons. The average Bonchev–Trinajstić information content (AvgIpc) is 0. The van der Waals surface area contributed by atoms with Crippen LogP contribution in [0.4, 0.5) is 0 Å². The molecule has 0 aromatic heterocycles. The van der Waals surface area contributed by atoms with E-state index in [0.29, 0.717) is 0 Å². The molecule has 0 aromatic rings. The molecule has 11 heteroatoms. The molecule has 0 spiro atoms. The quantitative estimate of drug-likeness (QED) is 0.399. The Kier molecular flexibility index (Phi) is 1310. The predicted molar refractivity (Wildman–Crippen MR) is 59.3 cm³/mol. The summed E-state index contributed by atoms with van der Waals surface area (Å²) in [7, 11) is 0. The van der Waals surface area contributed by atoms with E-state index in [9.17, 15) is 0 Å². The van der Waals surface area contributed by atoms with Gasteiger partial charge < -0.3 is 16.4 Å². The standard InChI is InChI=1S/2Al.2Ca.2Mg.3O.2Si.8H/q2*+3;;;;;3*-2;;;;;;;;;;. The molecule has 0 rings (SSSR count). The number of hydrogen-bond donors (Lipinski definition) is 0. The molecule has 0 fully saturated rings. The summed E-state index contributed by atoms with van der Waals surface area (Å²) in [5.74, 6) is 0. The van der Waals surface area contributed by atoms with Crippen molar-refractivity contribution in [3.8, 4) is 0 Å². The Labute approximate surface area is 190 Å². The van der Waals surface area contributed by atoms with Crippen LogP contribution in [0, 0.1) is 0 Å². The first-order valence-electron chi connectivity index (χ1n) is 0. The van der Waals surface area contributed by atoms with E-state index >= 15 is 0 Å². The molecule has 0 aliphatic rings. The third-order valence-electron chi connectivity index (χ3n) is 0. The van der Waals surface area contributed by atoms with Crippen molar-refractivity contribution in [2.24, 2.45) is 0 Å². The molecule has 0 bridgehead atoms. The number of rotatable bonds is 0. The summed E-state index contributed by atoms with van der Waals surface area (Å²) in [4.78, 5) is 0. The van der Waals surface area contributed by atoms with Crippen LogP contribution in [0.25, 0.3) is 0 Å². The average molecular weight is 295 g/mol. The van der Waals surface area contributed by atoms with Crippen LogP contribution in [0.2, 0.25) is 0 Å². The second kappa shape index (κ2) is 109. The minimum Gasteiger partial charge on any atom is -2.00 e.